The molecule has 2 atom stereocenters. The largest absolute Gasteiger partial charge is 0.389 e. The Balaban J connectivity index is 1.32. The average molecular weight is 575 g/mol. The van der Waals surface area contributed by atoms with E-state index in [0.29, 0.717) is 23.1 Å². The number of hydrogen-bond acceptors (Lipinski definition) is 5. The first-order valence-corrected chi connectivity index (χ1v) is 14.5. The van der Waals surface area contributed by atoms with E-state index in [-0.39, 0.29) is 35.5 Å². The number of carbonyl (C=O) groups excluding carboxylic acids is 3. The highest BCUT2D eigenvalue weighted by molar-refractivity contribution is 6.00. The molecule has 0 saturated heterocycles. The van der Waals surface area contributed by atoms with Crippen molar-refractivity contribution in [2.24, 2.45) is 23.7 Å². The molecule has 3 aliphatic rings. The highest BCUT2D eigenvalue weighted by Crippen LogP contribution is 2.51. The number of hydrogen-bond donors (Lipinski definition) is 3. The number of rotatable bonds is 13. The molecular formula is C29H37F3N6O3. The van der Waals surface area contributed by atoms with Crippen LogP contribution >= 0.6 is 0 Å². The fourth-order valence-corrected chi connectivity index (χ4v) is 5.67. The summed E-state index contributed by atoms with van der Waals surface area (Å²) in [5, 5.41) is 12.9. The van der Waals surface area contributed by atoms with Gasteiger partial charge in [0.15, 0.2) is 0 Å². The molecule has 5 rings (SSSR count). The predicted molar refractivity (Wildman–Crippen MR) is 145 cm³/mol. The van der Waals surface area contributed by atoms with Gasteiger partial charge >= 0.3 is 6.18 Å². The number of nitrogens with zero attached hydrogens (tertiary/aromatic N) is 3. The smallest absolute Gasteiger partial charge is 0.349 e. The van der Waals surface area contributed by atoms with Gasteiger partial charge in [-0.25, -0.2) is 4.98 Å². The number of anilines is 1. The first-order chi connectivity index (χ1) is 19.5. The van der Waals surface area contributed by atoms with Crippen molar-refractivity contribution in [2.45, 2.75) is 89.5 Å². The van der Waals surface area contributed by atoms with Crippen molar-refractivity contribution >= 4 is 23.5 Å². The molecule has 0 aromatic carbocycles. The summed E-state index contributed by atoms with van der Waals surface area (Å²) in [6.07, 6.45) is 2.65. The van der Waals surface area contributed by atoms with Gasteiger partial charge < -0.3 is 16.0 Å². The minimum Gasteiger partial charge on any atom is -0.349 e. The third-order valence-electron chi connectivity index (χ3n) is 8.12. The van der Waals surface area contributed by atoms with Gasteiger partial charge in [0.05, 0.1) is 12.5 Å². The maximum atomic E-state index is 13.8. The van der Waals surface area contributed by atoms with Crippen LogP contribution in [0.15, 0.2) is 30.6 Å². The van der Waals surface area contributed by atoms with Crippen LogP contribution in [0.3, 0.4) is 0 Å². The quantitative estimate of drug-likeness (QED) is 0.313. The zero-order chi connectivity index (χ0) is 29.3. The number of amides is 3. The highest BCUT2D eigenvalue weighted by Gasteiger charge is 2.48. The Hall–Kier alpha value is -3.44. The fourth-order valence-electron chi connectivity index (χ4n) is 5.67. The minimum atomic E-state index is -4.40. The molecule has 2 heterocycles. The summed E-state index contributed by atoms with van der Waals surface area (Å²) in [4.78, 5) is 43.7. The van der Waals surface area contributed by atoms with Crippen LogP contribution in [0.4, 0.5) is 19.0 Å². The van der Waals surface area contributed by atoms with Gasteiger partial charge in [0.25, 0.3) is 5.91 Å². The van der Waals surface area contributed by atoms with E-state index in [1.807, 2.05) is 13.8 Å². The molecule has 3 N–H and O–H groups in total. The van der Waals surface area contributed by atoms with E-state index >= 15 is 0 Å². The van der Waals surface area contributed by atoms with Crippen molar-refractivity contribution in [3.05, 3.63) is 41.9 Å². The summed E-state index contributed by atoms with van der Waals surface area (Å²) < 4.78 is 39.4. The summed E-state index contributed by atoms with van der Waals surface area (Å²) in [5.41, 5.74) is 1.05. The standard InChI is InChI=1S/C29H37F3N6O3/c1-16(2)38-21(11-14-34-38)27(40)37-26(24(17-3-4-17)18-5-6-18)28(41)35-22-15-20(10-13-33-22)25(19-7-8-19)36-23(39)9-12-29(30,31)32/h10-11,13-19,24-26H,3-9,12H2,1-2H3,(H,36,39)(H,37,40)(H,33,35,41)/t25?,26-/m0/s1. The number of halogens is 3. The average Bonchev–Trinajstić information content (AvgIpc) is 3.77. The molecule has 222 valence electrons. The van der Waals surface area contributed by atoms with Crippen molar-refractivity contribution in [3.8, 4) is 0 Å². The molecule has 2 aromatic heterocycles. The molecule has 41 heavy (non-hydrogen) atoms. The molecule has 3 fully saturated rings. The lowest BCUT2D eigenvalue weighted by atomic mass is 9.88. The Morgan fingerprint density at radius 3 is 2.22 bits per heavy atom. The van der Waals surface area contributed by atoms with Crippen molar-refractivity contribution in [2.75, 3.05) is 5.32 Å². The third-order valence-corrected chi connectivity index (χ3v) is 8.12. The molecule has 0 radical (unpaired) electrons. The molecule has 0 spiro atoms. The first kappa shape index (κ1) is 29.1. The molecule has 3 amide bonds. The molecule has 2 aromatic rings. The van der Waals surface area contributed by atoms with Crippen LogP contribution in [0.1, 0.15) is 93.3 Å². The predicted octanol–water partition coefficient (Wildman–Crippen LogP) is 4.94. The van der Waals surface area contributed by atoms with Crippen LogP contribution in [-0.4, -0.2) is 44.7 Å². The number of alkyl halides is 3. The Labute approximate surface area is 237 Å². The van der Waals surface area contributed by atoms with Crippen molar-refractivity contribution in [1.82, 2.24) is 25.4 Å². The van der Waals surface area contributed by atoms with Gasteiger partial charge in [-0.15, -0.1) is 0 Å². The van der Waals surface area contributed by atoms with Gasteiger partial charge in [-0.05, 0) is 99.8 Å². The first-order valence-electron chi connectivity index (χ1n) is 14.5. The Bertz CT molecular complexity index is 1250. The number of aromatic nitrogens is 3. The second kappa shape index (κ2) is 11.8. The molecule has 3 saturated carbocycles. The Kier molecular flexibility index (Phi) is 8.37. The molecule has 12 heteroatoms. The topological polar surface area (TPSA) is 118 Å². The monoisotopic (exact) mass is 574 g/mol. The van der Waals surface area contributed by atoms with Crippen molar-refractivity contribution in [1.29, 1.82) is 0 Å². The van der Waals surface area contributed by atoms with Crippen molar-refractivity contribution < 1.29 is 27.6 Å². The van der Waals surface area contributed by atoms with Crippen molar-refractivity contribution in [3.63, 3.8) is 0 Å². The maximum Gasteiger partial charge on any atom is 0.389 e. The van der Waals surface area contributed by atoms with E-state index in [4.69, 9.17) is 0 Å². The number of nitrogens with one attached hydrogen (secondary N) is 3. The lowest BCUT2D eigenvalue weighted by Gasteiger charge is -2.28. The SMILES string of the molecule is CC(C)n1nccc1C(=O)N[C@H](C(=O)Nc1cc(C(NC(=O)CCC(F)(F)F)C2CC2)ccn1)C(C1CC1)C1CC1. The van der Waals surface area contributed by atoms with Crippen LogP contribution in [0.25, 0.3) is 0 Å². The van der Waals surface area contributed by atoms with Crippen LogP contribution < -0.4 is 16.0 Å². The molecule has 3 aliphatic carbocycles. The normalized spacial score (nSPS) is 18.7. The van der Waals surface area contributed by atoms with Crippen LogP contribution in [-0.2, 0) is 9.59 Å². The zero-order valence-corrected chi connectivity index (χ0v) is 23.3. The fraction of sp³-hybridized carbons (Fsp3) is 0.621. The molecule has 0 bridgehead atoms. The molecule has 0 aliphatic heterocycles. The molecular weight excluding hydrogens is 537 g/mol. The Morgan fingerprint density at radius 1 is 0.976 bits per heavy atom. The molecule has 1 unspecified atom stereocenters. The number of carbonyl (C=O) groups is 3. The zero-order valence-electron chi connectivity index (χ0n) is 23.3. The van der Waals surface area contributed by atoms with Gasteiger partial charge in [-0.2, -0.15) is 18.3 Å². The van der Waals surface area contributed by atoms with Gasteiger partial charge in [-0.1, -0.05) is 0 Å². The summed E-state index contributed by atoms with van der Waals surface area (Å²) >= 11 is 0. The van der Waals surface area contributed by atoms with E-state index in [0.717, 1.165) is 38.5 Å². The maximum absolute atomic E-state index is 13.8. The van der Waals surface area contributed by atoms with Gasteiger partial charge in [0.1, 0.15) is 17.6 Å². The Morgan fingerprint density at radius 2 is 1.63 bits per heavy atom. The van der Waals surface area contributed by atoms with Crippen LogP contribution in [0, 0.1) is 23.7 Å². The summed E-state index contributed by atoms with van der Waals surface area (Å²) in [6.45, 7) is 3.86. The lowest BCUT2D eigenvalue weighted by Crippen LogP contribution is -2.50. The van der Waals surface area contributed by atoms with Gasteiger partial charge in [0, 0.05) is 24.9 Å². The van der Waals surface area contributed by atoms with E-state index in [1.165, 1.54) is 6.20 Å². The molecule has 9 nitrogen and oxygen atoms in total. The van der Waals surface area contributed by atoms with Crippen LogP contribution in [0.5, 0.6) is 0 Å². The number of pyridine rings is 1. The summed E-state index contributed by atoms with van der Waals surface area (Å²) in [6, 6.07) is 3.74. The lowest BCUT2D eigenvalue weighted by molar-refractivity contribution is -0.144. The minimum absolute atomic E-state index is 0.0182. The second-order valence-corrected chi connectivity index (χ2v) is 11.9. The third kappa shape index (κ3) is 7.65. The van der Waals surface area contributed by atoms with E-state index in [1.54, 1.807) is 29.1 Å². The second-order valence-electron chi connectivity index (χ2n) is 11.9. The van der Waals surface area contributed by atoms with E-state index < -0.39 is 37.0 Å². The van der Waals surface area contributed by atoms with Gasteiger partial charge in [0.2, 0.25) is 11.8 Å². The van der Waals surface area contributed by atoms with E-state index in [9.17, 15) is 27.6 Å². The highest BCUT2D eigenvalue weighted by atomic mass is 19.4. The summed E-state index contributed by atoms with van der Waals surface area (Å²) in [7, 11) is 0. The summed E-state index contributed by atoms with van der Waals surface area (Å²) in [5.74, 6) is -0.244. The van der Waals surface area contributed by atoms with E-state index in [2.05, 4.69) is 26.0 Å². The van der Waals surface area contributed by atoms with Crippen LogP contribution in [0.2, 0.25) is 0 Å². The van der Waals surface area contributed by atoms with Gasteiger partial charge in [-0.3, -0.25) is 19.1 Å².